The summed E-state index contributed by atoms with van der Waals surface area (Å²) < 4.78 is 0. The fourth-order valence-electron chi connectivity index (χ4n) is 2.60. The van der Waals surface area contributed by atoms with E-state index in [1.54, 1.807) is 0 Å². The topological polar surface area (TPSA) is 0 Å². The Morgan fingerprint density at radius 3 is 2.50 bits per heavy atom. The molecule has 1 aliphatic rings. The van der Waals surface area contributed by atoms with E-state index in [4.69, 9.17) is 0 Å². The highest BCUT2D eigenvalue weighted by Crippen LogP contribution is 2.30. The average molecular weight is 234 g/mol. The molecule has 0 N–H and O–H groups in total. The van der Waals surface area contributed by atoms with Gasteiger partial charge in [0.1, 0.15) is 0 Å². The molecule has 0 atom stereocenters. The van der Waals surface area contributed by atoms with Gasteiger partial charge in [-0.25, -0.2) is 0 Å². The van der Waals surface area contributed by atoms with E-state index < -0.39 is 0 Å². The summed E-state index contributed by atoms with van der Waals surface area (Å²) >= 11 is 0. The monoisotopic (exact) mass is 234 g/mol. The molecule has 0 heteroatoms. The standard InChI is InChI=1S/C18H18/c1-13-7-8-17(11-14(13)2)18-10-9-15-5-3-4-6-16(15)12-18/h3-8,11-12H,9-10H2,1-2H3. The molecule has 0 bridgehead atoms. The van der Waals surface area contributed by atoms with E-state index in [0.29, 0.717) is 0 Å². The minimum Gasteiger partial charge on any atom is -0.0620 e. The van der Waals surface area contributed by atoms with Gasteiger partial charge in [0.2, 0.25) is 0 Å². The average Bonchev–Trinajstić information content (AvgIpc) is 2.41. The maximum Gasteiger partial charge on any atom is -0.0221 e. The SMILES string of the molecule is Cc1ccc(C2=Cc3ccccc3CC2)cc1C. The zero-order valence-electron chi connectivity index (χ0n) is 11.0. The molecule has 2 aromatic rings. The molecule has 0 unspecified atom stereocenters. The second kappa shape index (κ2) is 4.45. The number of aryl methyl sites for hydroxylation is 3. The minimum atomic E-state index is 1.15. The Morgan fingerprint density at radius 2 is 1.67 bits per heavy atom. The van der Waals surface area contributed by atoms with Crippen LogP contribution in [0.4, 0.5) is 0 Å². The third kappa shape index (κ3) is 1.99. The lowest BCUT2D eigenvalue weighted by Crippen LogP contribution is -1.99. The first-order valence-corrected chi connectivity index (χ1v) is 6.60. The first kappa shape index (κ1) is 11.3. The highest BCUT2D eigenvalue weighted by Gasteiger charge is 2.11. The van der Waals surface area contributed by atoms with Crippen LogP contribution in [0.1, 0.15) is 34.2 Å². The van der Waals surface area contributed by atoms with E-state index in [0.717, 1.165) is 12.8 Å². The molecular weight excluding hydrogens is 216 g/mol. The van der Waals surface area contributed by atoms with Crippen molar-refractivity contribution in [3.8, 4) is 0 Å². The maximum atomic E-state index is 2.35. The second-order valence-electron chi connectivity index (χ2n) is 5.17. The van der Waals surface area contributed by atoms with Crippen LogP contribution in [0.15, 0.2) is 42.5 Å². The third-order valence-electron chi connectivity index (χ3n) is 3.93. The molecule has 0 aromatic heterocycles. The molecule has 0 nitrogen and oxygen atoms in total. The first-order valence-electron chi connectivity index (χ1n) is 6.60. The summed E-state index contributed by atoms with van der Waals surface area (Å²) in [6.45, 7) is 4.36. The Balaban J connectivity index is 2.04. The lowest BCUT2D eigenvalue weighted by Gasteiger charge is -2.17. The van der Waals surface area contributed by atoms with E-state index in [2.05, 4.69) is 62.4 Å². The normalized spacial score (nSPS) is 14.0. The molecule has 18 heavy (non-hydrogen) atoms. The van der Waals surface area contributed by atoms with Gasteiger partial charge in [0, 0.05) is 0 Å². The summed E-state index contributed by atoms with van der Waals surface area (Å²) in [6.07, 6.45) is 4.66. The van der Waals surface area contributed by atoms with Crippen LogP contribution in [0.5, 0.6) is 0 Å². The molecule has 0 radical (unpaired) electrons. The lowest BCUT2D eigenvalue weighted by molar-refractivity contribution is 1.00. The van der Waals surface area contributed by atoms with Crippen molar-refractivity contribution in [1.29, 1.82) is 0 Å². The third-order valence-corrected chi connectivity index (χ3v) is 3.93. The maximum absolute atomic E-state index is 2.35. The van der Waals surface area contributed by atoms with Gasteiger partial charge in [-0.3, -0.25) is 0 Å². The van der Waals surface area contributed by atoms with Gasteiger partial charge in [0.05, 0.1) is 0 Å². The van der Waals surface area contributed by atoms with Crippen LogP contribution in [0, 0.1) is 13.8 Å². The molecule has 0 saturated carbocycles. The van der Waals surface area contributed by atoms with E-state index in [-0.39, 0.29) is 0 Å². The van der Waals surface area contributed by atoms with Crippen molar-refractivity contribution in [2.75, 3.05) is 0 Å². The Morgan fingerprint density at radius 1 is 0.833 bits per heavy atom. The van der Waals surface area contributed by atoms with Crippen molar-refractivity contribution in [3.63, 3.8) is 0 Å². The van der Waals surface area contributed by atoms with Crippen LogP contribution in [-0.2, 0) is 6.42 Å². The van der Waals surface area contributed by atoms with Crippen molar-refractivity contribution in [1.82, 2.24) is 0 Å². The quantitative estimate of drug-likeness (QED) is 0.665. The highest BCUT2D eigenvalue weighted by molar-refractivity contribution is 5.84. The molecule has 0 spiro atoms. The Labute approximate surface area is 109 Å². The fourth-order valence-corrected chi connectivity index (χ4v) is 2.60. The van der Waals surface area contributed by atoms with Crippen molar-refractivity contribution < 1.29 is 0 Å². The van der Waals surface area contributed by atoms with Gasteiger partial charge >= 0.3 is 0 Å². The molecule has 90 valence electrons. The fraction of sp³-hybridized carbons (Fsp3) is 0.222. The van der Waals surface area contributed by atoms with Gasteiger partial charge in [-0.15, -0.1) is 0 Å². The molecule has 0 saturated heterocycles. The number of rotatable bonds is 1. The van der Waals surface area contributed by atoms with E-state index in [1.165, 1.54) is 33.4 Å². The first-order chi connectivity index (χ1) is 8.74. The van der Waals surface area contributed by atoms with E-state index in [1.807, 2.05) is 0 Å². The molecule has 1 aliphatic carbocycles. The molecule has 0 fully saturated rings. The van der Waals surface area contributed by atoms with E-state index in [9.17, 15) is 0 Å². The summed E-state index contributed by atoms with van der Waals surface area (Å²) in [5, 5.41) is 0. The predicted octanol–water partition coefficient (Wildman–Crippen LogP) is 4.79. The predicted molar refractivity (Wildman–Crippen MR) is 78.6 cm³/mol. The Bertz CT molecular complexity index is 618. The van der Waals surface area contributed by atoms with Gasteiger partial charge in [-0.05, 0) is 60.1 Å². The van der Waals surface area contributed by atoms with E-state index >= 15 is 0 Å². The molecule has 0 heterocycles. The van der Waals surface area contributed by atoms with Gasteiger partial charge in [0.15, 0.2) is 0 Å². The largest absolute Gasteiger partial charge is 0.0620 e. The van der Waals surface area contributed by atoms with Crippen LogP contribution in [0.3, 0.4) is 0 Å². The molecule has 0 amide bonds. The van der Waals surface area contributed by atoms with Crippen LogP contribution in [-0.4, -0.2) is 0 Å². The highest BCUT2D eigenvalue weighted by atomic mass is 14.2. The van der Waals surface area contributed by atoms with Crippen molar-refractivity contribution in [3.05, 3.63) is 70.3 Å². The van der Waals surface area contributed by atoms with Crippen molar-refractivity contribution in [2.45, 2.75) is 26.7 Å². The number of benzene rings is 2. The number of hydrogen-bond donors (Lipinski definition) is 0. The molecular formula is C18H18. The summed E-state index contributed by atoms with van der Waals surface area (Å²) in [6, 6.07) is 15.5. The Kier molecular flexibility index (Phi) is 2.79. The summed E-state index contributed by atoms with van der Waals surface area (Å²) in [7, 11) is 0. The van der Waals surface area contributed by atoms with Gasteiger partial charge in [0.25, 0.3) is 0 Å². The van der Waals surface area contributed by atoms with Crippen LogP contribution in [0.25, 0.3) is 11.6 Å². The summed E-state index contributed by atoms with van der Waals surface area (Å²) in [5.41, 5.74) is 8.47. The summed E-state index contributed by atoms with van der Waals surface area (Å²) in [4.78, 5) is 0. The van der Waals surface area contributed by atoms with Crippen LogP contribution >= 0.6 is 0 Å². The minimum absolute atomic E-state index is 1.15. The van der Waals surface area contributed by atoms with Gasteiger partial charge in [-0.2, -0.15) is 0 Å². The lowest BCUT2D eigenvalue weighted by atomic mass is 9.88. The van der Waals surface area contributed by atoms with Gasteiger partial charge in [-0.1, -0.05) is 48.5 Å². The number of allylic oxidation sites excluding steroid dienone is 1. The van der Waals surface area contributed by atoms with Gasteiger partial charge < -0.3 is 0 Å². The number of hydrogen-bond acceptors (Lipinski definition) is 0. The molecule has 0 aliphatic heterocycles. The Hall–Kier alpha value is -1.82. The van der Waals surface area contributed by atoms with Crippen molar-refractivity contribution in [2.24, 2.45) is 0 Å². The molecule has 2 aromatic carbocycles. The summed E-state index contributed by atoms with van der Waals surface area (Å²) in [5.74, 6) is 0. The second-order valence-corrected chi connectivity index (χ2v) is 5.17. The van der Waals surface area contributed by atoms with Crippen molar-refractivity contribution >= 4 is 11.6 Å². The number of fused-ring (bicyclic) bond motifs is 1. The zero-order chi connectivity index (χ0) is 12.5. The smallest absolute Gasteiger partial charge is 0.0221 e. The van der Waals surface area contributed by atoms with Crippen LogP contribution in [0.2, 0.25) is 0 Å². The van der Waals surface area contributed by atoms with Crippen LogP contribution < -0.4 is 0 Å². The zero-order valence-corrected chi connectivity index (χ0v) is 11.0. The molecule has 3 rings (SSSR count).